The maximum atomic E-state index is 14.0. The van der Waals surface area contributed by atoms with Crippen LogP contribution in [0.5, 0.6) is 17.2 Å². The highest BCUT2D eigenvalue weighted by molar-refractivity contribution is 7.92. The predicted molar refractivity (Wildman–Crippen MR) is 78.4 cm³/mol. The molecule has 14 heteroatoms. The normalized spacial score (nSPS) is 12.0. The monoisotopic (exact) mass is 435 g/mol. The molecule has 28 heavy (non-hydrogen) atoms. The molecule has 0 aromatic heterocycles. The number of anilines is 1. The molecule has 6 nitrogen and oxygen atoms in total. The van der Waals surface area contributed by atoms with Crippen molar-refractivity contribution in [3.05, 3.63) is 41.5 Å². The third kappa shape index (κ3) is 4.16. The molecule has 0 aliphatic rings. The summed E-state index contributed by atoms with van der Waals surface area (Å²) in [5.74, 6) is -13.9. The Kier molecular flexibility index (Phi) is 5.55. The lowest BCUT2D eigenvalue weighted by Gasteiger charge is -2.15. The molecule has 2 N–H and O–H groups in total. The number of sulfonamides is 1. The number of benzene rings is 2. The first kappa shape index (κ1) is 21.4. The molecule has 2 rings (SSSR count). The Bertz CT molecular complexity index is 995. The molecule has 0 saturated carbocycles. The van der Waals surface area contributed by atoms with Gasteiger partial charge in [0.25, 0.3) is 10.0 Å². The Morgan fingerprint density at radius 1 is 1.00 bits per heavy atom. The Hall–Kier alpha value is -2.90. The van der Waals surface area contributed by atoms with E-state index >= 15 is 0 Å². The summed E-state index contributed by atoms with van der Waals surface area (Å²) in [5, 5.41) is 9.55. The number of hydrogen-bond donors (Lipinski definition) is 2. The topological polar surface area (TPSA) is 84.9 Å². The number of hydrogen-bond acceptors (Lipinski definition) is 5. The average Bonchev–Trinajstić information content (AvgIpc) is 2.56. The lowest BCUT2D eigenvalue weighted by atomic mass is 10.3. The summed E-state index contributed by atoms with van der Waals surface area (Å²) in [7, 11) is -4.22. The number of halogens is 7. The molecular weight excluding hydrogens is 427 g/mol. The van der Waals surface area contributed by atoms with Crippen molar-refractivity contribution in [2.45, 2.75) is 11.3 Å². The summed E-state index contributed by atoms with van der Waals surface area (Å²) in [6.45, 7) is 0. The molecule has 0 fully saturated rings. The SMILES string of the molecule is COc1ccc(NS(=O)(=O)c2c(F)c(F)c(OC(F)(F)F)c(F)c2F)cc1O. The number of ether oxygens (including phenoxy) is 2. The van der Waals surface area contributed by atoms with Crippen LogP contribution in [0.2, 0.25) is 0 Å². The average molecular weight is 435 g/mol. The third-order valence-electron chi connectivity index (χ3n) is 3.10. The molecule has 0 aliphatic heterocycles. The minimum Gasteiger partial charge on any atom is -0.504 e. The van der Waals surface area contributed by atoms with Crippen LogP contribution in [0.25, 0.3) is 0 Å². The Morgan fingerprint density at radius 2 is 1.54 bits per heavy atom. The summed E-state index contributed by atoms with van der Waals surface area (Å²) >= 11 is 0. The first-order valence-corrected chi connectivity index (χ1v) is 8.28. The van der Waals surface area contributed by atoms with E-state index in [-0.39, 0.29) is 5.75 Å². The van der Waals surface area contributed by atoms with Crippen LogP contribution in [-0.4, -0.2) is 27.0 Å². The van der Waals surface area contributed by atoms with Crippen LogP contribution in [0.1, 0.15) is 0 Å². The van der Waals surface area contributed by atoms with E-state index in [1.54, 1.807) is 0 Å². The molecule has 0 atom stereocenters. The van der Waals surface area contributed by atoms with Gasteiger partial charge in [0.05, 0.1) is 12.8 Å². The first-order valence-electron chi connectivity index (χ1n) is 6.80. The van der Waals surface area contributed by atoms with Gasteiger partial charge >= 0.3 is 6.36 Å². The molecule has 0 aliphatic carbocycles. The van der Waals surface area contributed by atoms with Gasteiger partial charge in [0.2, 0.25) is 17.4 Å². The summed E-state index contributed by atoms with van der Waals surface area (Å²) < 4.78 is 125. The standard InChI is InChI=1S/C14H8F7NO5S/c1-26-7-3-2-5(4-6(7)23)22-28(24,25)13-10(17)8(15)12(9(16)11(13)18)27-14(19,20)21/h2-4,22-23H,1H3. The van der Waals surface area contributed by atoms with Crippen molar-refractivity contribution >= 4 is 15.7 Å². The van der Waals surface area contributed by atoms with Crippen LogP contribution >= 0.6 is 0 Å². The largest absolute Gasteiger partial charge is 0.573 e. The number of rotatable bonds is 5. The smallest absolute Gasteiger partial charge is 0.504 e. The molecular formula is C14H8F7NO5S. The zero-order valence-electron chi connectivity index (χ0n) is 13.4. The quantitative estimate of drug-likeness (QED) is 0.553. The zero-order valence-corrected chi connectivity index (χ0v) is 14.2. The molecule has 0 saturated heterocycles. The number of alkyl halides is 3. The van der Waals surface area contributed by atoms with Crippen LogP contribution in [0, 0.1) is 23.3 Å². The van der Waals surface area contributed by atoms with Gasteiger partial charge in [-0.25, -0.2) is 17.2 Å². The summed E-state index contributed by atoms with van der Waals surface area (Å²) in [5.41, 5.74) is -0.506. The summed E-state index contributed by atoms with van der Waals surface area (Å²) in [4.78, 5) is -2.23. The second-order valence-corrected chi connectivity index (χ2v) is 6.57. The molecule has 0 amide bonds. The van der Waals surface area contributed by atoms with Crippen molar-refractivity contribution in [3.63, 3.8) is 0 Å². The summed E-state index contributed by atoms with van der Waals surface area (Å²) in [6, 6.07) is 2.74. The van der Waals surface area contributed by atoms with Crippen LogP contribution < -0.4 is 14.2 Å². The number of phenolic OH excluding ortho intramolecular Hbond substituents is 1. The Balaban J connectivity index is 2.56. The van der Waals surface area contributed by atoms with Crippen molar-refractivity contribution in [2.75, 3.05) is 11.8 Å². The zero-order chi connectivity index (χ0) is 21.4. The van der Waals surface area contributed by atoms with Crippen molar-refractivity contribution in [1.29, 1.82) is 0 Å². The van der Waals surface area contributed by atoms with Crippen molar-refractivity contribution in [1.82, 2.24) is 0 Å². The van der Waals surface area contributed by atoms with E-state index in [9.17, 15) is 44.3 Å². The van der Waals surface area contributed by atoms with E-state index in [0.29, 0.717) is 0 Å². The Labute approximate surface area is 152 Å². The van der Waals surface area contributed by atoms with Gasteiger partial charge in [-0.2, -0.15) is 8.78 Å². The number of phenols is 1. The van der Waals surface area contributed by atoms with Crippen molar-refractivity contribution in [2.24, 2.45) is 0 Å². The predicted octanol–water partition coefficient (Wildman–Crippen LogP) is 3.66. The minimum atomic E-state index is -5.71. The van der Waals surface area contributed by atoms with Crippen LogP contribution in [-0.2, 0) is 10.0 Å². The number of aromatic hydroxyl groups is 1. The van der Waals surface area contributed by atoms with Gasteiger partial charge in [-0.05, 0) is 12.1 Å². The van der Waals surface area contributed by atoms with Gasteiger partial charge < -0.3 is 14.6 Å². The van der Waals surface area contributed by atoms with E-state index in [1.807, 2.05) is 0 Å². The van der Waals surface area contributed by atoms with Crippen molar-refractivity contribution < 1.29 is 53.7 Å². The van der Waals surface area contributed by atoms with Crippen LogP contribution in [0.3, 0.4) is 0 Å². The van der Waals surface area contributed by atoms with Crippen molar-refractivity contribution in [3.8, 4) is 17.2 Å². The second kappa shape index (κ2) is 7.26. The molecule has 0 unspecified atom stereocenters. The maximum absolute atomic E-state index is 14.0. The number of nitrogens with one attached hydrogen (secondary N) is 1. The molecule has 0 heterocycles. The molecule has 2 aromatic rings. The molecule has 154 valence electrons. The van der Waals surface area contributed by atoms with Gasteiger partial charge in [0.15, 0.2) is 28.0 Å². The second-order valence-electron chi connectivity index (χ2n) is 4.95. The molecule has 2 aromatic carbocycles. The third-order valence-corrected chi connectivity index (χ3v) is 4.50. The number of methoxy groups -OCH3 is 1. The minimum absolute atomic E-state index is 0.106. The van der Waals surface area contributed by atoms with E-state index in [2.05, 4.69) is 9.47 Å². The van der Waals surface area contributed by atoms with Gasteiger partial charge in [-0.15, -0.1) is 13.2 Å². The van der Waals surface area contributed by atoms with Gasteiger partial charge in [0, 0.05) is 6.07 Å². The highest BCUT2D eigenvalue weighted by atomic mass is 32.2. The van der Waals surface area contributed by atoms with Crippen LogP contribution in [0.15, 0.2) is 23.1 Å². The van der Waals surface area contributed by atoms with E-state index in [0.717, 1.165) is 18.2 Å². The summed E-state index contributed by atoms with van der Waals surface area (Å²) in [6.07, 6.45) is -5.71. The fraction of sp³-hybridized carbons (Fsp3) is 0.143. The van der Waals surface area contributed by atoms with Gasteiger partial charge in [-0.1, -0.05) is 0 Å². The molecule has 0 spiro atoms. The Morgan fingerprint density at radius 3 is 1.96 bits per heavy atom. The van der Waals surface area contributed by atoms with Gasteiger partial charge in [-0.3, -0.25) is 4.72 Å². The maximum Gasteiger partial charge on any atom is 0.573 e. The van der Waals surface area contributed by atoms with E-state index < -0.39 is 61.7 Å². The lowest BCUT2D eigenvalue weighted by Crippen LogP contribution is -2.23. The highest BCUT2D eigenvalue weighted by Gasteiger charge is 2.40. The highest BCUT2D eigenvalue weighted by Crippen LogP contribution is 2.36. The van der Waals surface area contributed by atoms with Crippen LogP contribution in [0.4, 0.5) is 36.4 Å². The fourth-order valence-electron chi connectivity index (χ4n) is 1.99. The lowest BCUT2D eigenvalue weighted by molar-refractivity contribution is -0.276. The fourth-order valence-corrected chi connectivity index (χ4v) is 3.18. The van der Waals surface area contributed by atoms with E-state index in [4.69, 9.17) is 0 Å². The van der Waals surface area contributed by atoms with E-state index in [1.165, 1.54) is 11.8 Å². The molecule has 0 radical (unpaired) electrons. The molecule has 0 bridgehead atoms. The first-order chi connectivity index (χ1) is 12.8. The van der Waals surface area contributed by atoms with Gasteiger partial charge in [0.1, 0.15) is 0 Å².